The van der Waals surface area contributed by atoms with Crippen molar-refractivity contribution in [1.29, 1.82) is 0 Å². The van der Waals surface area contributed by atoms with Crippen LogP contribution >= 0.6 is 15.9 Å². The van der Waals surface area contributed by atoms with Crippen molar-refractivity contribution in [3.63, 3.8) is 0 Å². The lowest BCUT2D eigenvalue weighted by Crippen LogP contribution is -2.29. The van der Waals surface area contributed by atoms with Gasteiger partial charge in [0, 0.05) is 16.7 Å². The number of nitrogens with one attached hydrogen (secondary N) is 1. The molecule has 0 aliphatic heterocycles. The number of rotatable bonds is 3. The zero-order valence-corrected chi connectivity index (χ0v) is 10.4. The molecule has 0 aliphatic carbocycles. The molecule has 0 aromatic heterocycles. The van der Waals surface area contributed by atoms with Crippen LogP contribution in [0, 0.1) is 6.92 Å². The fourth-order valence-corrected chi connectivity index (χ4v) is 1.61. The van der Waals surface area contributed by atoms with Gasteiger partial charge >= 0.3 is 0 Å². The molecule has 0 radical (unpaired) electrons. The average molecular weight is 258 g/mol. The van der Waals surface area contributed by atoms with Crippen LogP contribution in [-0.2, 0) is 0 Å². The van der Waals surface area contributed by atoms with E-state index in [1.165, 1.54) is 5.56 Å². The van der Waals surface area contributed by atoms with Crippen LogP contribution in [0.3, 0.4) is 0 Å². The van der Waals surface area contributed by atoms with Crippen LogP contribution in [-0.4, -0.2) is 17.3 Å². The maximum absolute atomic E-state index is 9.55. The lowest BCUT2D eigenvalue weighted by molar-refractivity contribution is 0.0945. The summed E-state index contributed by atoms with van der Waals surface area (Å²) in [7, 11) is 0. The third kappa shape index (κ3) is 3.68. The van der Waals surface area contributed by atoms with Crippen LogP contribution < -0.4 is 5.32 Å². The molecule has 0 amide bonds. The van der Waals surface area contributed by atoms with E-state index in [0.717, 1.165) is 10.2 Å². The number of aryl methyl sites for hydroxylation is 1. The summed E-state index contributed by atoms with van der Waals surface area (Å²) in [4.78, 5) is 0. The Kier molecular flexibility index (Phi) is 3.56. The molecule has 0 aliphatic rings. The molecule has 0 bridgehead atoms. The summed E-state index contributed by atoms with van der Waals surface area (Å²) < 4.78 is 1.07. The minimum absolute atomic E-state index is 0.551. The van der Waals surface area contributed by atoms with Gasteiger partial charge in [-0.3, -0.25) is 0 Å². The van der Waals surface area contributed by atoms with Gasteiger partial charge < -0.3 is 10.4 Å². The highest BCUT2D eigenvalue weighted by Gasteiger charge is 2.11. The average Bonchev–Trinajstić information content (AvgIpc) is 2.00. The Morgan fingerprint density at radius 3 is 2.57 bits per heavy atom. The molecule has 0 atom stereocenters. The maximum atomic E-state index is 9.55. The van der Waals surface area contributed by atoms with E-state index in [-0.39, 0.29) is 0 Å². The molecule has 0 saturated carbocycles. The Morgan fingerprint density at radius 2 is 2.07 bits per heavy atom. The summed E-state index contributed by atoms with van der Waals surface area (Å²) in [6.07, 6.45) is 0. The second kappa shape index (κ2) is 4.32. The van der Waals surface area contributed by atoms with Gasteiger partial charge in [-0.05, 0) is 44.5 Å². The molecular weight excluding hydrogens is 242 g/mol. The molecule has 1 aromatic rings. The summed E-state index contributed by atoms with van der Waals surface area (Å²) in [5, 5.41) is 12.8. The van der Waals surface area contributed by atoms with Crippen LogP contribution in [0.4, 0.5) is 5.69 Å². The molecule has 0 saturated heterocycles. The van der Waals surface area contributed by atoms with Crippen molar-refractivity contribution in [3.05, 3.63) is 28.2 Å². The number of anilines is 1. The van der Waals surface area contributed by atoms with E-state index < -0.39 is 5.60 Å². The fraction of sp³-hybridized carbons (Fsp3) is 0.455. The van der Waals surface area contributed by atoms with Crippen molar-refractivity contribution in [1.82, 2.24) is 0 Å². The fourth-order valence-electron chi connectivity index (χ4n) is 1.14. The third-order valence-corrected chi connectivity index (χ3v) is 2.39. The van der Waals surface area contributed by atoms with Crippen LogP contribution in [0.5, 0.6) is 0 Å². The Hall–Kier alpha value is -0.540. The van der Waals surface area contributed by atoms with Crippen LogP contribution in [0.15, 0.2) is 22.7 Å². The predicted octanol–water partition coefficient (Wildman–Crippen LogP) is 2.94. The second-order valence-electron chi connectivity index (χ2n) is 4.13. The first-order valence-corrected chi connectivity index (χ1v) is 5.40. The van der Waals surface area contributed by atoms with Crippen LogP contribution in [0.1, 0.15) is 19.4 Å². The van der Waals surface area contributed by atoms with Gasteiger partial charge in [-0.15, -0.1) is 0 Å². The topological polar surface area (TPSA) is 32.3 Å². The highest BCUT2D eigenvalue weighted by Crippen LogP contribution is 2.20. The monoisotopic (exact) mass is 257 g/mol. The normalized spacial score (nSPS) is 11.5. The van der Waals surface area contributed by atoms with E-state index in [9.17, 15) is 5.11 Å². The van der Waals surface area contributed by atoms with E-state index in [1.807, 2.05) is 25.1 Å². The summed E-state index contributed by atoms with van der Waals surface area (Å²) in [6, 6.07) is 6.04. The summed E-state index contributed by atoms with van der Waals surface area (Å²) >= 11 is 3.41. The lowest BCUT2D eigenvalue weighted by Gasteiger charge is -2.19. The smallest absolute Gasteiger partial charge is 0.0763 e. The van der Waals surface area contributed by atoms with Gasteiger partial charge in [0.2, 0.25) is 0 Å². The first-order valence-electron chi connectivity index (χ1n) is 4.61. The standard InChI is InChI=1S/C11H16BrNO/c1-8-6-9(12)4-5-10(8)13-7-11(2,3)14/h4-6,13-14H,7H2,1-3H3. The highest BCUT2D eigenvalue weighted by molar-refractivity contribution is 9.10. The van der Waals surface area contributed by atoms with E-state index in [2.05, 4.69) is 21.2 Å². The molecule has 0 spiro atoms. The second-order valence-corrected chi connectivity index (χ2v) is 5.04. The van der Waals surface area contributed by atoms with E-state index in [0.29, 0.717) is 6.54 Å². The van der Waals surface area contributed by atoms with Crippen molar-refractivity contribution < 1.29 is 5.11 Å². The number of halogens is 1. The lowest BCUT2D eigenvalue weighted by atomic mass is 10.1. The molecule has 0 heterocycles. The Bertz CT molecular complexity index is 318. The van der Waals surface area contributed by atoms with Crippen LogP contribution in [0.2, 0.25) is 0 Å². The van der Waals surface area contributed by atoms with Gasteiger partial charge in [0.25, 0.3) is 0 Å². The number of hydrogen-bond acceptors (Lipinski definition) is 2. The summed E-state index contributed by atoms with van der Waals surface area (Å²) in [6.45, 7) is 6.16. The Morgan fingerprint density at radius 1 is 1.43 bits per heavy atom. The zero-order valence-electron chi connectivity index (χ0n) is 8.76. The molecule has 0 unspecified atom stereocenters. The molecule has 78 valence electrons. The number of hydrogen-bond donors (Lipinski definition) is 2. The van der Waals surface area contributed by atoms with Crippen molar-refractivity contribution in [2.24, 2.45) is 0 Å². The van der Waals surface area contributed by atoms with Gasteiger partial charge in [-0.2, -0.15) is 0 Å². The molecule has 0 fully saturated rings. The van der Waals surface area contributed by atoms with Gasteiger partial charge in [-0.1, -0.05) is 15.9 Å². The minimum atomic E-state index is -0.681. The van der Waals surface area contributed by atoms with Crippen molar-refractivity contribution in [3.8, 4) is 0 Å². The Balaban J connectivity index is 2.68. The van der Waals surface area contributed by atoms with E-state index in [4.69, 9.17) is 0 Å². The van der Waals surface area contributed by atoms with Gasteiger partial charge in [0.15, 0.2) is 0 Å². The molecule has 3 heteroatoms. The maximum Gasteiger partial charge on any atom is 0.0763 e. The quantitative estimate of drug-likeness (QED) is 0.873. The molecular formula is C11H16BrNO. The minimum Gasteiger partial charge on any atom is -0.389 e. The van der Waals surface area contributed by atoms with Crippen molar-refractivity contribution in [2.45, 2.75) is 26.4 Å². The molecule has 2 N–H and O–H groups in total. The largest absolute Gasteiger partial charge is 0.389 e. The highest BCUT2D eigenvalue weighted by atomic mass is 79.9. The van der Waals surface area contributed by atoms with Crippen LogP contribution in [0.25, 0.3) is 0 Å². The number of aliphatic hydroxyl groups is 1. The molecule has 14 heavy (non-hydrogen) atoms. The third-order valence-electron chi connectivity index (χ3n) is 1.90. The molecule has 2 nitrogen and oxygen atoms in total. The predicted molar refractivity (Wildman–Crippen MR) is 63.7 cm³/mol. The van der Waals surface area contributed by atoms with Gasteiger partial charge in [0.1, 0.15) is 0 Å². The number of benzene rings is 1. The first-order chi connectivity index (χ1) is 6.38. The van der Waals surface area contributed by atoms with Gasteiger partial charge in [-0.25, -0.2) is 0 Å². The first kappa shape index (κ1) is 11.5. The summed E-state index contributed by atoms with van der Waals surface area (Å²) in [5.41, 5.74) is 1.55. The van der Waals surface area contributed by atoms with Crippen molar-refractivity contribution >= 4 is 21.6 Å². The van der Waals surface area contributed by atoms with E-state index in [1.54, 1.807) is 13.8 Å². The molecule has 1 rings (SSSR count). The van der Waals surface area contributed by atoms with E-state index >= 15 is 0 Å². The zero-order chi connectivity index (χ0) is 10.8. The summed E-state index contributed by atoms with van der Waals surface area (Å²) in [5.74, 6) is 0. The SMILES string of the molecule is Cc1cc(Br)ccc1NCC(C)(C)O. The Labute approximate surface area is 93.5 Å². The molecule has 1 aromatic carbocycles. The van der Waals surface area contributed by atoms with Crippen molar-refractivity contribution in [2.75, 3.05) is 11.9 Å². The van der Waals surface area contributed by atoms with Gasteiger partial charge in [0.05, 0.1) is 5.60 Å².